The molecule has 2 aromatic rings. The quantitative estimate of drug-likeness (QED) is 0.811. The Bertz CT molecular complexity index is 456. The summed E-state index contributed by atoms with van der Waals surface area (Å²) in [4.78, 5) is 3.95. The van der Waals surface area contributed by atoms with E-state index >= 15 is 0 Å². The van der Waals surface area contributed by atoms with Gasteiger partial charge in [-0.1, -0.05) is 12.1 Å². The highest BCUT2D eigenvalue weighted by molar-refractivity contribution is 6.18. The lowest BCUT2D eigenvalue weighted by molar-refractivity contribution is 0.0327. The minimum Gasteiger partial charge on any atom is -0.389 e. The van der Waals surface area contributed by atoms with Gasteiger partial charge in [0.2, 0.25) is 0 Å². The Morgan fingerprint density at radius 3 is 2.47 bits per heavy atom. The average Bonchev–Trinajstić information content (AvgIpc) is 2.91. The molecule has 90 valence electrons. The van der Waals surface area contributed by atoms with Crippen LogP contribution in [0.1, 0.15) is 11.7 Å². The topological polar surface area (TPSA) is 58.3 Å². The third-order valence-corrected chi connectivity index (χ3v) is 2.88. The first kappa shape index (κ1) is 12.1. The normalized spacial score (nSPS) is 14.5. The van der Waals surface area contributed by atoms with Crippen molar-refractivity contribution in [3.8, 4) is 5.69 Å². The van der Waals surface area contributed by atoms with Crippen LogP contribution >= 0.6 is 11.6 Å². The molecule has 0 aliphatic heterocycles. The average molecular weight is 253 g/mol. The highest BCUT2D eigenvalue weighted by atomic mass is 35.5. The number of halogens is 1. The van der Waals surface area contributed by atoms with E-state index in [9.17, 15) is 10.2 Å². The fraction of sp³-hybridized carbons (Fsp3) is 0.250. The van der Waals surface area contributed by atoms with E-state index in [0.717, 1.165) is 5.69 Å². The van der Waals surface area contributed by atoms with Crippen LogP contribution in [0.4, 0.5) is 0 Å². The molecule has 2 N–H and O–H groups in total. The SMILES string of the molecule is OC(CCl)C(O)c1ccc(-n2ccnc2)cc1. The van der Waals surface area contributed by atoms with E-state index in [4.69, 9.17) is 11.6 Å². The second-order valence-corrected chi connectivity index (χ2v) is 4.04. The summed E-state index contributed by atoms with van der Waals surface area (Å²) < 4.78 is 1.86. The first-order chi connectivity index (χ1) is 8.22. The van der Waals surface area contributed by atoms with Gasteiger partial charge in [-0.25, -0.2) is 4.98 Å². The molecule has 4 nitrogen and oxygen atoms in total. The second-order valence-electron chi connectivity index (χ2n) is 3.73. The van der Waals surface area contributed by atoms with Gasteiger partial charge in [0, 0.05) is 18.1 Å². The monoisotopic (exact) mass is 252 g/mol. The fourth-order valence-electron chi connectivity index (χ4n) is 1.56. The number of imidazole rings is 1. The van der Waals surface area contributed by atoms with Gasteiger partial charge in [-0.15, -0.1) is 11.6 Å². The number of aliphatic hydroxyl groups is 2. The second kappa shape index (κ2) is 5.31. The first-order valence-corrected chi connectivity index (χ1v) is 5.76. The van der Waals surface area contributed by atoms with Crippen molar-refractivity contribution in [2.24, 2.45) is 0 Å². The lowest BCUT2D eigenvalue weighted by Crippen LogP contribution is -2.19. The number of aliphatic hydroxyl groups excluding tert-OH is 2. The number of rotatable bonds is 4. The van der Waals surface area contributed by atoms with Crippen molar-refractivity contribution in [3.05, 3.63) is 48.5 Å². The minimum atomic E-state index is -0.954. The maximum Gasteiger partial charge on any atom is 0.106 e. The molecule has 0 saturated carbocycles. The van der Waals surface area contributed by atoms with E-state index in [1.165, 1.54) is 0 Å². The van der Waals surface area contributed by atoms with Crippen LogP contribution in [0, 0.1) is 0 Å². The summed E-state index contributed by atoms with van der Waals surface area (Å²) in [5.74, 6) is 0.00440. The Morgan fingerprint density at radius 2 is 1.94 bits per heavy atom. The molecule has 2 unspecified atom stereocenters. The third kappa shape index (κ3) is 2.66. The van der Waals surface area contributed by atoms with E-state index in [1.807, 2.05) is 22.9 Å². The summed E-state index contributed by atoms with van der Waals surface area (Å²) in [7, 11) is 0. The Morgan fingerprint density at radius 1 is 1.24 bits per heavy atom. The van der Waals surface area contributed by atoms with Crippen molar-refractivity contribution in [2.75, 3.05) is 5.88 Å². The van der Waals surface area contributed by atoms with Crippen molar-refractivity contribution >= 4 is 11.6 Å². The number of nitrogens with zero attached hydrogens (tertiary/aromatic N) is 2. The number of aromatic nitrogens is 2. The summed E-state index contributed by atoms with van der Waals surface area (Å²) in [5.41, 5.74) is 1.58. The minimum absolute atomic E-state index is 0.00440. The van der Waals surface area contributed by atoms with Crippen LogP contribution in [0.25, 0.3) is 5.69 Å². The molecular formula is C12H13ClN2O2. The Kier molecular flexibility index (Phi) is 3.78. The molecule has 0 fully saturated rings. The molecule has 2 rings (SSSR count). The molecule has 2 atom stereocenters. The molecule has 1 aromatic carbocycles. The Balaban J connectivity index is 2.18. The van der Waals surface area contributed by atoms with Gasteiger partial charge in [0.15, 0.2) is 0 Å². The van der Waals surface area contributed by atoms with Crippen LogP contribution in [0.5, 0.6) is 0 Å². The molecule has 1 heterocycles. The Hall–Kier alpha value is -1.36. The highest BCUT2D eigenvalue weighted by Crippen LogP contribution is 2.19. The van der Waals surface area contributed by atoms with Crippen molar-refractivity contribution in [1.82, 2.24) is 9.55 Å². The summed E-state index contributed by atoms with van der Waals surface area (Å²) >= 11 is 5.49. The van der Waals surface area contributed by atoms with E-state index in [-0.39, 0.29) is 5.88 Å². The predicted molar refractivity (Wildman–Crippen MR) is 65.3 cm³/mol. The maximum atomic E-state index is 9.76. The molecule has 5 heteroatoms. The zero-order chi connectivity index (χ0) is 12.3. The zero-order valence-electron chi connectivity index (χ0n) is 9.07. The van der Waals surface area contributed by atoms with Crippen LogP contribution in [-0.2, 0) is 0 Å². The molecule has 0 saturated heterocycles. The Labute approximate surface area is 104 Å². The van der Waals surface area contributed by atoms with Gasteiger partial charge < -0.3 is 14.8 Å². The van der Waals surface area contributed by atoms with Gasteiger partial charge in [0.05, 0.1) is 18.3 Å². The molecule has 0 amide bonds. The molecule has 17 heavy (non-hydrogen) atoms. The fourth-order valence-corrected chi connectivity index (χ4v) is 1.73. The van der Waals surface area contributed by atoms with Crippen LogP contribution in [-0.4, -0.2) is 31.7 Å². The lowest BCUT2D eigenvalue weighted by atomic mass is 10.1. The van der Waals surface area contributed by atoms with Gasteiger partial charge in [0.25, 0.3) is 0 Å². The first-order valence-electron chi connectivity index (χ1n) is 5.23. The van der Waals surface area contributed by atoms with Crippen molar-refractivity contribution < 1.29 is 10.2 Å². The molecule has 1 aromatic heterocycles. The molecule has 0 aliphatic rings. The smallest absolute Gasteiger partial charge is 0.106 e. The van der Waals surface area contributed by atoms with E-state index in [1.54, 1.807) is 24.7 Å². The number of benzene rings is 1. The standard InChI is InChI=1S/C12H13ClN2O2/c13-7-11(16)12(17)9-1-3-10(4-2-9)15-6-5-14-8-15/h1-6,8,11-12,16-17H,7H2. The van der Waals surface area contributed by atoms with Crippen LogP contribution in [0.3, 0.4) is 0 Å². The summed E-state index contributed by atoms with van der Waals surface area (Å²) in [6.07, 6.45) is 3.32. The van der Waals surface area contributed by atoms with Crippen LogP contribution in [0.15, 0.2) is 43.0 Å². The highest BCUT2D eigenvalue weighted by Gasteiger charge is 2.16. The van der Waals surface area contributed by atoms with Crippen molar-refractivity contribution in [1.29, 1.82) is 0 Å². The zero-order valence-corrected chi connectivity index (χ0v) is 9.83. The molecule has 0 spiro atoms. The maximum absolute atomic E-state index is 9.76. The van der Waals surface area contributed by atoms with E-state index in [0.29, 0.717) is 5.56 Å². The van der Waals surface area contributed by atoms with Crippen molar-refractivity contribution in [2.45, 2.75) is 12.2 Å². The summed E-state index contributed by atoms with van der Waals surface area (Å²) in [6.45, 7) is 0. The van der Waals surface area contributed by atoms with Gasteiger partial charge in [-0.05, 0) is 17.7 Å². The lowest BCUT2D eigenvalue weighted by Gasteiger charge is -2.16. The number of alkyl halides is 1. The summed E-state index contributed by atoms with van der Waals surface area (Å²) in [5, 5.41) is 19.2. The molecular weight excluding hydrogens is 240 g/mol. The van der Waals surface area contributed by atoms with Crippen LogP contribution in [0.2, 0.25) is 0 Å². The molecule has 0 bridgehead atoms. The summed E-state index contributed by atoms with van der Waals surface area (Å²) in [6, 6.07) is 7.22. The van der Waals surface area contributed by atoms with Gasteiger partial charge in [-0.2, -0.15) is 0 Å². The largest absolute Gasteiger partial charge is 0.389 e. The molecule has 0 radical (unpaired) electrons. The predicted octanol–water partition coefficient (Wildman–Crippen LogP) is 1.51. The van der Waals surface area contributed by atoms with E-state index < -0.39 is 12.2 Å². The van der Waals surface area contributed by atoms with Crippen molar-refractivity contribution in [3.63, 3.8) is 0 Å². The van der Waals surface area contributed by atoms with Gasteiger partial charge in [-0.3, -0.25) is 0 Å². The number of hydrogen-bond acceptors (Lipinski definition) is 3. The van der Waals surface area contributed by atoms with Crippen LogP contribution < -0.4 is 0 Å². The van der Waals surface area contributed by atoms with E-state index in [2.05, 4.69) is 4.98 Å². The van der Waals surface area contributed by atoms with Gasteiger partial charge in [0.1, 0.15) is 6.10 Å². The van der Waals surface area contributed by atoms with Gasteiger partial charge >= 0.3 is 0 Å². The third-order valence-electron chi connectivity index (χ3n) is 2.56. The molecule has 0 aliphatic carbocycles. The number of hydrogen-bond donors (Lipinski definition) is 2.